The van der Waals surface area contributed by atoms with Crippen LogP contribution in [0.15, 0.2) is 0 Å². The van der Waals surface area contributed by atoms with E-state index in [0.29, 0.717) is 13.2 Å². The summed E-state index contributed by atoms with van der Waals surface area (Å²) < 4.78 is 17.1. The summed E-state index contributed by atoms with van der Waals surface area (Å²) in [6.45, 7) is 1.20. The molecule has 0 spiro atoms. The average molecular weight is 204 g/mol. The summed E-state index contributed by atoms with van der Waals surface area (Å²) in [5, 5.41) is 0. The van der Waals surface area contributed by atoms with Crippen LogP contribution in [0.4, 0.5) is 4.79 Å². The standard InChI is InChI=1S/C4H4O4.C3H4O3/c5-3-4(6)8-2-1-7-3;4-3-5-1-2-6-3/h1-2H2;1-2H2. The fourth-order valence-corrected chi connectivity index (χ4v) is 0.678. The van der Waals surface area contributed by atoms with Crippen molar-refractivity contribution in [1.82, 2.24) is 0 Å². The first-order valence-electron chi connectivity index (χ1n) is 3.83. The minimum absolute atomic E-state index is 0.185. The van der Waals surface area contributed by atoms with Gasteiger partial charge in [-0.05, 0) is 0 Å². The molecule has 7 nitrogen and oxygen atoms in total. The number of carbonyl (C=O) groups is 3. The molecule has 2 aliphatic rings. The third-order valence-electron chi connectivity index (χ3n) is 1.24. The van der Waals surface area contributed by atoms with Crippen LogP contribution >= 0.6 is 0 Å². The van der Waals surface area contributed by atoms with Crippen LogP contribution < -0.4 is 0 Å². The smallest absolute Gasteiger partial charge is 0.454 e. The van der Waals surface area contributed by atoms with Crippen LogP contribution in [0.5, 0.6) is 0 Å². The van der Waals surface area contributed by atoms with Gasteiger partial charge in [-0.1, -0.05) is 0 Å². The first-order valence-corrected chi connectivity index (χ1v) is 3.83. The summed E-state index contributed by atoms with van der Waals surface area (Å²) in [6, 6.07) is 0. The van der Waals surface area contributed by atoms with E-state index < -0.39 is 18.1 Å². The van der Waals surface area contributed by atoms with Crippen LogP contribution in [0.1, 0.15) is 0 Å². The highest BCUT2D eigenvalue weighted by Gasteiger charge is 2.21. The summed E-state index contributed by atoms with van der Waals surface area (Å²) in [7, 11) is 0. The van der Waals surface area contributed by atoms with Crippen LogP contribution in [0, 0.1) is 0 Å². The molecule has 2 fully saturated rings. The molecule has 0 aromatic carbocycles. The van der Waals surface area contributed by atoms with E-state index in [9.17, 15) is 14.4 Å². The first-order chi connectivity index (χ1) is 6.70. The highest BCUT2D eigenvalue weighted by atomic mass is 16.8. The molecule has 0 aromatic heterocycles. The SMILES string of the molecule is O=C1OCCO1.O=C1OCCOC1=O. The molecule has 0 aliphatic carbocycles. The van der Waals surface area contributed by atoms with E-state index in [1.165, 1.54) is 0 Å². The molecular formula is C7H8O7. The van der Waals surface area contributed by atoms with Crippen molar-refractivity contribution in [3.05, 3.63) is 0 Å². The Morgan fingerprint density at radius 1 is 0.643 bits per heavy atom. The molecule has 0 unspecified atom stereocenters. The highest BCUT2D eigenvalue weighted by Crippen LogP contribution is 1.92. The molecule has 7 heteroatoms. The lowest BCUT2D eigenvalue weighted by Gasteiger charge is -2.09. The van der Waals surface area contributed by atoms with Gasteiger partial charge < -0.3 is 18.9 Å². The third-order valence-corrected chi connectivity index (χ3v) is 1.24. The molecule has 0 N–H and O–H groups in total. The summed E-state index contributed by atoms with van der Waals surface area (Å²) in [4.78, 5) is 30.0. The van der Waals surface area contributed by atoms with Crippen LogP contribution in [0.3, 0.4) is 0 Å². The minimum atomic E-state index is -0.892. The normalized spacial score (nSPS) is 19.6. The van der Waals surface area contributed by atoms with Gasteiger partial charge >= 0.3 is 18.1 Å². The number of hydrogen-bond acceptors (Lipinski definition) is 7. The van der Waals surface area contributed by atoms with E-state index in [1.807, 2.05) is 0 Å². The third kappa shape index (κ3) is 3.30. The minimum Gasteiger partial charge on any atom is -0.454 e. The lowest BCUT2D eigenvalue weighted by Crippen LogP contribution is -2.28. The maximum atomic E-state index is 10.1. The molecule has 2 heterocycles. The number of esters is 2. The molecule has 2 saturated heterocycles. The predicted octanol–water partition coefficient (Wildman–Crippen LogP) is -0.760. The van der Waals surface area contributed by atoms with E-state index in [2.05, 4.69) is 18.9 Å². The Morgan fingerprint density at radius 3 is 1.21 bits per heavy atom. The van der Waals surface area contributed by atoms with E-state index in [4.69, 9.17) is 0 Å². The molecule has 0 bridgehead atoms. The first kappa shape index (κ1) is 10.3. The zero-order chi connectivity index (χ0) is 10.4. The Hall–Kier alpha value is -1.79. The van der Waals surface area contributed by atoms with Gasteiger partial charge in [0, 0.05) is 0 Å². The summed E-state index contributed by atoms with van der Waals surface area (Å²) in [5.74, 6) is -1.78. The van der Waals surface area contributed by atoms with Gasteiger partial charge in [-0.2, -0.15) is 0 Å². The summed E-state index contributed by atoms with van der Waals surface area (Å²) >= 11 is 0. The molecule has 0 radical (unpaired) electrons. The molecule has 0 saturated carbocycles. The van der Waals surface area contributed by atoms with Gasteiger partial charge in [0.1, 0.15) is 26.4 Å². The Kier molecular flexibility index (Phi) is 3.71. The fourth-order valence-electron chi connectivity index (χ4n) is 0.678. The van der Waals surface area contributed by atoms with Crippen molar-refractivity contribution in [2.24, 2.45) is 0 Å². The average Bonchev–Trinajstić information content (AvgIpc) is 2.63. The van der Waals surface area contributed by atoms with Crippen LogP contribution in [-0.2, 0) is 28.5 Å². The van der Waals surface area contributed by atoms with Gasteiger partial charge in [-0.15, -0.1) is 0 Å². The Morgan fingerprint density at radius 2 is 1.00 bits per heavy atom. The van der Waals surface area contributed by atoms with Gasteiger partial charge in [0.25, 0.3) is 0 Å². The fraction of sp³-hybridized carbons (Fsp3) is 0.571. The molecule has 0 aromatic rings. The zero-order valence-corrected chi connectivity index (χ0v) is 7.19. The van der Waals surface area contributed by atoms with Gasteiger partial charge in [0.2, 0.25) is 0 Å². The molecule has 0 atom stereocenters. The number of rotatable bonds is 0. The number of carbonyl (C=O) groups excluding carboxylic acids is 3. The topological polar surface area (TPSA) is 88.1 Å². The number of ether oxygens (including phenoxy) is 4. The molecule has 2 rings (SSSR count). The molecule has 78 valence electrons. The lowest BCUT2D eigenvalue weighted by molar-refractivity contribution is -0.177. The molecule has 14 heavy (non-hydrogen) atoms. The van der Waals surface area contributed by atoms with E-state index >= 15 is 0 Å². The Bertz CT molecular complexity index is 222. The van der Waals surface area contributed by atoms with Crippen LogP contribution in [0.2, 0.25) is 0 Å². The molecule has 2 aliphatic heterocycles. The van der Waals surface area contributed by atoms with Crippen LogP contribution in [-0.4, -0.2) is 44.5 Å². The van der Waals surface area contributed by atoms with Crippen molar-refractivity contribution in [3.8, 4) is 0 Å². The lowest BCUT2D eigenvalue weighted by atomic mass is 10.6. The number of cyclic esters (lactones) is 4. The quantitative estimate of drug-likeness (QED) is 0.291. The summed E-state index contributed by atoms with van der Waals surface area (Å²) in [5.41, 5.74) is 0. The maximum absolute atomic E-state index is 10.1. The van der Waals surface area contributed by atoms with Gasteiger partial charge in [0.15, 0.2) is 0 Å². The van der Waals surface area contributed by atoms with Crippen molar-refractivity contribution >= 4 is 18.1 Å². The molecular weight excluding hydrogens is 196 g/mol. The van der Waals surface area contributed by atoms with Crippen molar-refractivity contribution in [2.45, 2.75) is 0 Å². The van der Waals surface area contributed by atoms with Gasteiger partial charge in [-0.3, -0.25) is 0 Å². The van der Waals surface area contributed by atoms with Crippen molar-refractivity contribution in [1.29, 1.82) is 0 Å². The second-order valence-corrected chi connectivity index (χ2v) is 2.22. The maximum Gasteiger partial charge on any atom is 0.508 e. The second-order valence-electron chi connectivity index (χ2n) is 2.22. The highest BCUT2D eigenvalue weighted by molar-refractivity contribution is 6.30. The van der Waals surface area contributed by atoms with Crippen molar-refractivity contribution in [3.63, 3.8) is 0 Å². The van der Waals surface area contributed by atoms with E-state index in [-0.39, 0.29) is 13.2 Å². The second kappa shape index (κ2) is 5.05. The van der Waals surface area contributed by atoms with Gasteiger partial charge in [0.05, 0.1) is 0 Å². The monoisotopic (exact) mass is 204 g/mol. The Balaban J connectivity index is 0.000000146. The predicted molar refractivity (Wildman–Crippen MR) is 39.2 cm³/mol. The van der Waals surface area contributed by atoms with E-state index in [0.717, 1.165) is 0 Å². The van der Waals surface area contributed by atoms with Gasteiger partial charge in [-0.25, -0.2) is 14.4 Å². The molecule has 0 amide bonds. The number of hydrogen-bond donors (Lipinski definition) is 0. The Labute approximate surface area is 78.9 Å². The summed E-state index contributed by atoms with van der Waals surface area (Å²) in [6.07, 6.45) is -0.546. The van der Waals surface area contributed by atoms with Crippen molar-refractivity contribution < 1.29 is 33.3 Å². The zero-order valence-electron chi connectivity index (χ0n) is 7.19. The van der Waals surface area contributed by atoms with Crippen LogP contribution in [0.25, 0.3) is 0 Å². The van der Waals surface area contributed by atoms with Crippen molar-refractivity contribution in [2.75, 3.05) is 26.4 Å². The van der Waals surface area contributed by atoms with E-state index in [1.54, 1.807) is 0 Å². The largest absolute Gasteiger partial charge is 0.508 e.